The van der Waals surface area contributed by atoms with Gasteiger partial charge in [-0.15, -0.1) is 0 Å². The zero-order chi connectivity index (χ0) is 15.1. The summed E-state index contributed by atoms with van der Waals surface area (Å²) in [5, 5.41) is 2.50. The van der Waals surface area contributed by atoms with E-state index >= 15 is 0 Å². The van der Waals surface area contributed by atoms with Crippen molar-refractivity contribution in [3.05, 3.63) is 35.9 Å². The van der Waals surface area contributed by atoms with Crippen LogP contribution in [0.25, 0.3) is 0 Å². The molecule has 1 aromatic rings. The molecule has 1 N–H and O–H groups in total. The third-order valence-corrected chi connectivity index (χ3v) is 2.84. The molecule has 1 rings (SSSR count). The maximum absolute atomic E-state index is 11.8. The fraction of sp³-hybridized carbons (Fsp3) is 0.357. The number of carbonyl (C=O) groups is 3. The Labute approximate surface area is 117 Å². The maximum Gasteiger partial charge on any atom is 0.407 e. The van der Waals surface area contributed by atoms with Crippen LogP contribution in [0, 0.1) is 5.92 Å². The summed E-state index contributed by atoms with van der Waals surface area (Å²) in [4.78, 5) is 35.0. The van der Waals surface area contributed by atoms with Gasteiger partial charge in [-0.3, -0.25) is 9.59 Å². The van der Waals surface area contributed by atoms with E-state index in [4.69, 9.17) is 0 Å². The highest BCUT2D eigenvalue weighted by Gasteiger charge is 2.35. The van der Waals surface area contributed by atoms with Crippen molar-refractivity contribution in [2.45, 2.75) is 13.0 Å². The van der Waals surface area contributed by atoms with Crippen LogP contribution in [0.15, 0.2) is 30.3 Å². The van der Waals surface area contributed by atoms with Gasteiger partial charge in [0, 0.05) is 0 Å². The average Bonchev–Trinajstić information content (AvgIpc) is 2.46. The van der Waals surface area contributed by atoms with E-state index in [2.05, 4.69) is 14.8 Å². The van der Waals surface area contributed by atoms with Crippen LogP contribution in [0.5, 0.6) is 0 Å². The number of benzene rings is 1. The Hall–Kier alpha value is -2.37. The SMILES string of the molecule is COC(=O)N[C@@H](c1ccccc1)C(C(C)=O)C(=O)OC. The number of Topliss-reactive ketones (excluding diaryl/α,β-unsaturated/α-hetero) is 1. The molecular formula is C14H17NO5. The second kappa shape index (κ2) is 7.28. The van der Waals surface area contributed by atoms with E-state index in [0.717, 1.165) is 0 Å². The second-order valence-electron chi connectivity index (χ2n) is 4.14. The lowest BCUT2D eigenvalue weighted by atomic mass is 9.90. The predicted molar refractivity (Wildman–Crippen MR) is 70.9 cm³/mol. The van der Waals surface area contributed by atoms with Crippen LogP contribution in [-0.2, 0) is 19.1 Å². The smallest absolute Gasteiger partial charge is 0.407 e. The quantitative estimate of drug-likeness (QED) is 0.652. The number of alkyl carbamates (subject to hydrolysis) is 1. The van der Waals surface area contributed by atoms with Gasteiger partial charge in [0.1, 0.15) is 11.7 Å². The first kappa shape index (κ1) is 15.7. The van der Waals surface area contributed by atoms with Gasteiger partial charge < -0.3 is 14.8 Å². The topological polar surface area (TPSA) is 81.7 Å². The van der Waals surface area contributed by atoms with E-state index < -0.39 is 29.8 Å². The monoisotopic (exact) mass is 279 g/mol. The summed E-state index contributed by atoms with van der Waals surface area (Å²) in [5.41, 5.74) is 0.614. The van der Waals surface area contributed by atoms with Crippen molar-refractivity contribution in [3.63, 3.8) is 0 Å². The van der Waals surface area contributed by atoms with E-state index in [1.54, 1.807) is 30.3 Å². The lowest BCUT2D eigenvalue weighted by Crippen LogP contribution is -2.40. The number of hydrogen-bond donors (Lipinski definition) is 1. The van der Waals surface area contributed by atoms with Gasteiger partial charge in [-0.05, 0) is 12.5 Å². The molecule has 6 nitrogen and oxygen atoms in total. The molecule has 0 aliphatic rings. The van der Waals surface area contributed by atoms with Crippen molar-refractivity contribution in [2.75, 3.05) is 14.2 Å². The molecule has 0 aromatic heterocycles. The summed E-state index contributed by atoms with van der Waals surface area (Å²) in [6.45, 7) is 1.27. The molecule has 0 radical (unpaired) electrons. The lowest BCUT2D eigenvalue weighted by Gasteiger charge is -2.24. The Balaban J connectivity index is 3.17. The number of rotatable bonds is 5. The van der Waals surface area contributed by atoms with Crippen molar-refractivity contribution < 1.29 is 23.9 Å². The average molecular weight is 279 g/mol. The minimum absolute atomic E-state index is 0.401. The first-order valence-corrected chi connectivity index (χ1v) is 5.99. The molecular weight excluding hydrogens is 262 g/mol. The standard InChI is InChI=1S/C14H17NO5/c1-9(16)11(13(17)19-2)12(15-14(18)20-3)10-7-5-4-6-8-10/h4-8,11-12H,1-3H3,(H,15,18)/t11?,12-/m0/s1. The summed E-state index contributed by atoms with van der Waals surface area (Å²) in [6, 6.07) is 7.86. The molecule has 1 aromatic carbocycles. The third-order valence-electron chi connectivity index (χ3n) is 2.84. The number of ketones is 1. The molecule has 1 amide bonds. The largest absolute Gasteiger partial charge is 0.468 e. The first-order chi connectivity index (χ1) is 9.51. The molecule has 0 aliphatic carbocycles. The van der Waals surface area contributed by atoms with E-state index in [1.165, 1.54) is 21.1 Å². The van der Waals surface area contributed by atoms with Crippen LogP contribution in [0.1, 0.15) is 18.5 Å². The van der Waals surface area contributed by atoms with E-state index in [1.807, 2.05) is 0 Å². The second-order valence-corrected chi connectivity index (χ2v) is 4.14. The Morgan fingerprint density at radius 1 is 1.05 bits per heavy atom. The Morgan fingerprint density at radius 2 is 1.65 bits per heavy atom. The minimum atomic E-state index is -1.12. The first-order valence-electron chi connectivity index (χ1n) is 5.99. The molecule has 0 saturated carbocycles. The zero-order valence-corrected chi connectivity index (χ0v) is 11.6. The van der Waals surface area contributed by atoms with Gasteiger partial charge in [-0.25, -0.2) is 4.79 Å². The van der Waals surface area contributed by atoms with Crippen LogP contribution < -0.4 is 5.32 Å². The van der Waals surface area contributed by atoms with Crippen molar-refractivity contribution in [2.24, 2.45) is 5.92 Å². The van der Waals surface area contributed by atoms with Crippen LogP contribution in [0.3, 0.4) is 0 Å². The van der Waals surface area contributed by atoms with E-state index in [9.17, 15) is 14.4 Å². The van der Waals surface area contributed by atoms with Crippen LogP contribution >= 0.6 is 0 Å². The maximum atomic E-state index is 11.8. The van der Waals surface area contributed by atoms with E-state index in [0.29, 0.717) is 5.56 Å². The van der Waals surface area contributed by atoms with Gasteiger partial charge in [0.25, 0.3) is 0 Å². The summed E-state index contributed by atoms with van der Waals surface area (Å²) in [6.07, 6.45) is -0.728. The van der Waals surface area contributed by atoms with Crippen molar-refractivity contribution in [3.8, 4) is 0 Å². The number of amides is 1. The molecule has 0 aliphatic heterocycles. The minimum Gasteiger partial charge on any atom is -0.468 e. The fourth-order valence-electron chi connectivity index (χ4n) is 1.87. The normalized spacial score (nSPS) is 12.9. The Kier molecular flexibility index (Phi) is 5.71. The molecule has 20 heavy (non-hydrogen) atoms. The zero-order valence-electron chi connectivity index (χ0n) is 11.6. The van der Waals surface area contributed by atoms with Crippen molar-refractivity contribution >= 4 is 17.8 Å². The van der Waals surface area contributed by atoms with Gasteiger partial charge in [-0.2, -0.15) is 0 Å². The molecule has 1 unspecified atom stereocenters. The number of esters is 1. The van der Waals surface area contributed by atoms with Gasteiger partial charge >= 0.3 is 12.1 Å². The molecule has 0 heterocycles. The van der Waals surface area contributed by atoms with Gasteiger partial charge in [0.15, 0.2) is 0 Å². The summed E-state index contributed by atoms with van der Waals surface area (Å²) >= 11 is 0. The van der Waals surface area contributed by atoms with Crippen LogP contribution in [0.2, 0.25) is 0 Å². The summed E-state index contributed by atoms with van der Waals surface area (Å²) in [5.74, 6) is -2.23. The van der Waals surface area contributed by atoms with Crippen molar-refractivity contribution in [1.29, 1.82) is 0 Å². The van der Waals surface area contributed by atoms with Crippen LogP contribution in [-0.4, -0.2) is 32.1 Å². The third kappa shape index (κ3) is 3.81. The number of nitrogens with one attached hydrogen (secondary N) is 1. The molecule has 0 bridgehead atoms. The number of hydrogen-bond acceptors (Lipinski definition) is 5. The van der Waals surface area contributed by atoms with Crippen molar-refractivity contribution in [1.82, 2.24) is 5.32 Å². The van der Waals surface area contributed by atoms with Gasteiger partial charge in [0.2, 0.25) is 0 Å². The molecule has 2 atom stereocenters. The molecule has 6 heteroatoms. The van der Waals surface area contributed by atoms with E-state index in [-0.39, 0.29) is 0 Å². The van der Waals surface area contributed by atoms with Gasteiger partial charge in [-0.1, -0.05) is 30.3 Å². The van der Waals surface area contributed by atoms with Gasteiger partial charge in [0.05, 0.1) is 20.3 Å². The highest BCUT2D eigenvalue weighted by atomic mass is 16.5. The van der Waals surface area contributed by atoms with Crippen LogP contribution in [0.4, 0.5) is 4.79 Å². The molecule has 108 valence electrons. The lowest BCUT2D eigenvalue weighted by molar-refractivity contribution is -0.150. The molecule has 0 spiro atoms. The predicted octanol–water partition coefficient (Wildman–Crippen LogP) is 1.46. The summed E-state index contributed by atoms with van der Waals surface area (Å²) in [7, 11) is 2.40. The molecule has 0 fully saturated rings. The number of methoxy groups -OCH3 is 2. The fourth-order valence-corrected chi connectivity index (χ4v) is 1.87. The number of carbonyl (C=O) groups excluding carboxylic acids is 3. The number of ether oxygens (including phenoxy) is 2. The Morgan fingerprint density at radius 3 is 2.10 bits per heavy atom. The highest BCUT2D eigenvalue weighted by Crippen LogP contribution is 2.24. The Bertz CT molecular complexity index is 486. The summed E-state index contributed by atoms with van der Waals surface area (Å²) < 4.78 is 9.17. The highest BCUT2D eigenvalue weighted by molar-refractivity contribution is 5.99. The molecule has 0 saturated heterocycles.